The van der Waals surface area contributed by atoms with Crippen LogP contribution in [0, 0.1) is 6.92 Å². The van der Waals surface area contributed by atoms with Crippen molar-refractivity contribution in [2.24, 2.45) is 0 Å². The average molecular weight is 243 g/mol. The minimum absolute atomic E-state index is 1.33. The molecule has 0 nitrogen and oxygen atoms in total. The molecular weight excluding hydrogens is 232 g/mol. The van der Waals surface area contributed by atoms with Crippen LogP contribution in [-0.2, 0) is 0 Å². The first-order chi connectivity index (χ1) is 7.83. The summed E-state index contributed by atoms with van der Waals surface area (Å²) < 4.78 is 4.17. The van der Waals surface area contributed by atoms with Gasteiger partial charge < -0.3 is 0 Å². The van der Waals surface area contributed by atoms with Gasteiger partial charge in [0.1, 0.15) is 0 Å². The standard InChI is InChI=1S/C14H11S2/c1-10-7-8-12-13(9-10)16-14(15-12)11-5-3-2-4-6-11/h2-9H,1H3/q+1. The zero-order valence-electron chi connectivity index (χ0n) is 8.94. The Morgan fingerprint density at radius 2 is 1.81 bits per heavy atom. The van der Waals surface area contributed by atoms with Gasteiger partial charge in [0.2, 0.25) is 0 Å². The Kier molecular flexibility index (Phi) is 2.46. The van der Waals surface area contributed by atoms with Crippen LogP contribution in [0.1, 0.15) is 5.56 Å². The Balaban J connectivity index is 2.19. The van der Waals surface area contributed by atoms with E-state index in [-0.39, 0.29) is 0 Å². The van der Waals surface area contributed by atoms with Crippen molar-refractivity contribution in [1.29, 1.82) is 0 Å². The van der Waals surface area contributed by atoms with Gasteiger partial charge in [0.05, 0.1) is 22.7 Å². The van der Waals surface area contributed by atoms with E-state index in [1.54, 1.807) is 0 Å². The van der Waals surface area contributed by atoms with Gasteiger partial charge >= 0.3 is 0 Å². The highest BCUT2D eigenvalue weighted by Crippen LogP contribution is 2.38. The quantitative estimate of drug-likeness (QED) is 0.514. The summed E-state index contributed by atoms with van der Waals surface area (Å²) in [7, 11) is 0. The van der Waals surface area contributed by atoms with Gasteiger partial charge in [-0.1, -0.05) is 24.3 Å². The van der Waals surface area contributed by atoms with Crippen LogP contribution in [0.3, 0.4) is 0 Å². The number of hydrogen-bond acceptors (Lipinski definition) is 1. The second-order valence-corrected chi connectivity index (χ2v) is 6.17. The van der Waals surface area contributed by atoms with E-state index >= 15 is 0 Å². The molecular formula is C14H11S2+. The first-order valence-electron chi connectivity index (χ1n) is 5.22. The predicted octanol–water partition coefficient (Wildman–Crippen LogP) is 5.22. The Morgan fingerprint density at radius 1 is 1.00 bits per heavy atom. The van der Waals surface area contributed by atoms with E-state index in [4.69, 9.17) is 0 Å². The molecule has 3 rings (SSSR count). The van der Waals surface area contributed by atoms with Crippen molar-refractivity contribution >= 4 is 32.1 Å². The van der Waals surface area contributed by atoms with E-state index in [0.717, 1.165) is 0 Å². The molecule has 0 bridgehead atoms. The van der Waals surface area contributed by atoms with E-state index < -0.39 is 0 Å². The minimum Gasteiger partial charge on any atom is -0.0622 e. The Bertz CT molecular complexity index is 624. The molecule has 0 amide bonds. The van der Waals surface area contributed by atoms with Gasteiger partial charge in [-0.25, -0.2) is 0 Å². The Labute approximate surface area is 103 Å². The summed E-state index contributed by atoms with van der Waals surface area (Å²) in [5.41, 5.74) is 2.66. The zero-order valence-corrected chi connectivity index (χ0v) is 10.6. The molecule has 0 aliphatic heterocycles. The molecule has 0 spiro atoms. The molecule has 0 radical (unpaired) electrons. The summed E-state index contributed by atoms with van der Waals surface area (Å²) >= 11 is 3.76. The average Bonchev–Trinajstić information content (AvgIpc) is 2.73. The van der Waals surface area contributed by atoms with Crippen LogP contribution >= 0.6 is 22.7 Å². The van der Waals surface area contributed by atoms with Gasteiger partial charge in [-0.2, -0.15) is 0 Å². The van der Waals surface area contributed by atoms with Crippen LogP contribution in [-0.4, -0.2) is 0 Å². The summed E-state index contributed by atoms with van der Waals surface area (Å²) in [6, 6.07) is 17.3. The zero-order chi connectivity index (χ0) is 11.0. The lowest BCUT2D eigenvalue weighted by atomic mass is 10.2. The number of benzene rings is 2. The topological polar surface area (TPSA) is 0 Å². The molecule has 16 heavy (non-hydrogen) atoms. The van der Waals surface area contributed by atoms with Gasteiger partial charge in [-0.15, -0.1) is 0 Å². The fourth-order valence-electron chi connectivity index (χ4n) is 1.69. The molecule has 1 aromatic heterocycles. The lowest BCUT2D eigenvalue weighted by Crippen LogP contribution is -1.66. The number of aryl methyl sites for hydroxylation is 1. The first-order valence-corrected chi connectivity index (χ1v) is 6.85. The molecule has 0 saturated carbocycles. The highest BCUT2D eigenvalue weighted by Gasteiger charge is 2.17. The molecule has 0 fully saturated rings. The Morgan fingerprint density at radius 3 is 2.62 bits per heavy atom. The fraction of sp³-hybridized carbons (Fsp3) is 0.0714. The lowest BCUT2D eigenvalue weighted by molar-refractivity contribution is 1.52. The normalized spacial score (nSPS) is 10.8. The highest BCUT2D eigenvalue weighted by atomic mass is 32.2. The van der Waals surface area contributed by atoms with E-state index in [9.17, 15) is 0 Å². The highest BCUT2D eigenvalue weighted by molar-refractivity contribution is 7.43. The Hall–Kier alpha value is -1.25. The third-order valence-corrected chi connectivity index (χ3v) is 5.12. The maximum Gasteiger partial charge on any atom is 0.286 e. The van der Waals surface area contributed by atoms with Crippen LogP contribution in [0.5, 0.6) is 0 Å². The molecule has 3 aromatic rings. The van der Waals surface area contributed by atoms with Crippen molar-refractivity contribution in [1.82, 2.24) is 0 Å². The maximum atomic E-state index is 2.27. The molecule has 0 saturated heterocycles. The van der Waals surface area contributed by atoms with Crippen LogP contribution in [0.25, 0.3) is 19.2 Å². The molecule has 0 aliphatic carbocycles. The van der Waals surface area contributed by atoms with Crippen LogP contribution in [0.2, 0.25) is 0 Å². The van der Waals surface area contributed by atoms with Crippen LogP contribution < -0.4 is 0 Å². The predicted molar refractivity (Wildman–Crippen MR) is 74.3 cm³/mol. The first kappa shape index (κ1) is 9.94. The SMILES string of the molecule is Cc1ccc2[s+]c(-c3ccccc3)sc2c1. The molecule has 0 N–H and O–H groups in total. The van der Waals surface area contributed by atoms with Gasteiger partial charge in [-0.05, 0) is 36.8 Å². The van der Waals surface area contributed by atoms with Crippen molar-refractivity contribution in [3.63, 3.8) is 0 Å². The molecule has 2 aromatic carbocycles. The van der Waals surface area contributed by atoms with Crippen LogP contribution in [0.4, 0.5) is 0 Å². The van der Waals surface area contributed by atoms with E-state index in [2.05, 4.69) is 55.5 Å². The van der Waals surface area contributed by atoms with Gasteiger partial charge in [0.25, 0.3) is 4.19 Å². The smallest absolute Gasteiger partial charge is 0.0622 e. The van der Waals surface area contributed by atoms with Crippen molar-refractivity contribution in [2.75, 3.05) is 0 Å². The molecule has 0 atom stereocenters. The summed E-state index contributed by atoms with van der Waals surface area (Å²) in [5, 5.41) is 0. The van der Waals surface area contributed by atoms with Gasteiger partial charge in [0.15, 0.2) is 9.40 Å². The summed E-state index contributed by atoms with van der Waals surface area (Å²) in [4.78, 5) is 0. The number of hydrogen-bond donors (Lipinski definition) is 0. The van der Waals surface area contributed by atoms with E-state index in [1.807, 2.05) is 22.7 Å². The molecule has 1 heterocycles. The molecule has 0 unspecified atom stereocenters. The van der Waals surface area contributed by atoms with Crippen LogP contribution in [0.15, 0.2) is 48.5 Å². The van der Waals surface area contributed by atoms with Crippen molar-refractivity contribution in [3.05, 3.63) is 54.1 Å². The van der Waals surface area contributed by atoms with Gasteiger partial charge in [-0.3, -0.25) is 0 Å². The molecule has 2 heteroatoms. The van der Waals surface area contributed by atoms with Crippen molar-refractivity contribution in [3.8, 4) is 9.75 Å². The van der Waals surface area contributed by atoms with Crippen molar-refractivity contribution in [2.45, 2.75) is 6.92 Å². The summed E-state index contributed by atoms with van der Waals surface area (Å²) in [6.07, 6.45) is 0. The molecule has 78 valence electrons. The number of rotatable bonds is 1. The minimum atomic E-state index is 1.33. The number of fused-ring (bicyclic) bond motifs is 1. The third kappa shape index (κ3) is 1.75. The van der Waals surface area contributed by atoms with E-state index in [1.165, 1.54) is 24.7 Å². The van der Waals surface area contributed by atoms with Gasteiger partial charge in [0, 0.05) is 5.56 Å². The second kappa shape index (κ2) is 3.96. The van der Waals surface area contributed by atoms with E-state index in [0.29, 0.717) is 0 Å². The largest absolute Gasteiger partial charge is 0.286 e. The fourth-order valence-corrected chi connectivity index (χ4v) is 4.26. The second-order valence-electron chi connectivity index (χ2n) is 3.81. The maximum absolute atomic E-state index is 2.27. The summed E-state index contributed by atoms with van der Waals surface area (Å²) in [5.74, 6) is 0. The monoisotopic (exact) mass is 243 g/mol. The lowest BCUT2D eigenvalue weighted by Gasteiger charge is -1.85. The van der Waals surface area contributed by atoms with Crippen molar-refractivity contribution < 1.29 is 0 Å². The molecule has 0 aliphatic rings. The third-order valence-electron chi connectivity index (χ3n) is 2.51. The summed E-state index contributed by atoms with van der Waals surface area (Å²) in [6.45, 7) is 2.14.